The number of primary sulfonamides is 1. The van der Waals surface area contributed by atoms with Crippen LogP contribution in [0.4, 0.5) is 0 Å². The Balaban J connectivity index is 0. The Morgan fingerprint density at radius 1 is 1.08 bits per heavy atom. The minimum Gasteiger partial charge on any atom is -0.228 e. The summed E-state index contributed by atoms with van der Waals surface area (Å²) in [6.07, 6.45) is 2.64. The Morgan fingerprint density at radius 3 is 1.25 bits per heavy atom. The van der Waals surface area contributed by atoms with E-state index in [0.29, 0.717) is 0 Å². The van der Waals surface area contributed by atoms with Crippen LogP contribution in [0.3, 0.4) is 0 Å². The molecule has 76 valence electrons. The summed E-state index contributed by atoms with van der Waals surface area (Å²) >= 11 is 0. The van der Waals surface area contributed by atoms with Gasteiger partial charge in [-0.2, -0.15) is 0 Å². The van der Waals surface area contributed by atoms with Crippen LogP contribution >= 0.6 is 0 Å². The quantitative estimate of drug-likeness (QED) is 0.694. The molecule has 0 unspecified atom stereocenters. The number of sulfonamides is 1. The molecule has 0 aliphatic heterocycles. The first-order valence-electron chi connectivity index (χ1n) is 4.19. The van der Waals surface area contributed by atoms with Crippen molar-refractivity contribution in [3.05, 3.63) is 0 Å². The topological polar surface area (TPSA) is 60.2 Å². The van der Waals surface area contributed by atoms with Gasteiger partial charge >= 0.3 is 0 Å². The first-order chi connectivity index (χ1) is 5.16. The lowest BCUT2D eigenvalue weighted by atomic mass is 10.3. The molecule has 0 fully saturated rings. The van der Waals surface area contributed by atoms with E-state index in [4.69, 9.17) is 5.14 Å². The second kappa shape index (κ2) is 5.54. The van der Waals surface area contributed by atoms with Crippen LogP contribution < -0.4 is 5.14 Å². The molecular formula is C8H21NO2S. The predicted molar refractivity (Wildman–Crippen MR) is 53.4 cm³/mol. The Kier molecular flexibility index (Phi) is 6.66. The van der Waals surface area contributed by atoms with Crippen molar-refractivity contribution < 1.29 is 8.42 Å². The molecule has 0 rings (SSSR count). The van der Waals surface area contributed by atoms with E-state index in [0.717, 1.165) is 0 Å². The fourth-order valence-corrected chi connectivity index (χ4v) is 0. The van der Waals surface area contributed by atoms with Gasteiger partial charge in [0.2, 0.25) is 10.0 Å². The maximum absolute atomic E-state index is 10.4. The van der Waals surface area contributed by atoms with Crippen molar-refractivity contribution in [3.63, 3.8) is 0 Å². The highest BCUT2D eigenvalue weighted by Crippen LogP contribution is 2.09. The molecular weight excluding hydrogens is 174 g/mol. The summed E-state index contributed by atoms with van der Waals surface area (Å²) in [6.45, 7) is 9.03. The highest BCUT2D eigenvalue weighted by atomic mass is 32.2. The third-order valence-electron chi connectivity index (χ3n) is 1.35. The molecule has 0 saturated heterocycles. The minimum absolute atomic E-state index is 0.812. The van der Waals surface area contributed by atoms with Crippen molar-refractivity contribution in [2.75, 3.05) is 0 Å². The fourth-order valence-electron chi connectivity index (χ4n) is 0. The van der Waals surface area contributed by atoms with E-state index < -0.39 is 14.8 Å². The second-order valence-corrected chi connectivity index (χ2v) is 5.97. The van der Waals surface area contributed by atoms with Crippen molar-refractivity contribution in [1.82, 2.24) is 0 Å². The van der Waals surface area contributed by atoms with Crippen LogP contribution in [0.5, 0.6) is 0 Å². The van der Waals surface area contributed by atoms with Crippen molar-refractivity contribution in [3.8, 4) is 0 Å². The van der Waals surface area contributed by atoms with Crippen LogP contribution in [0, 0.1) is 0 Å². The molecule has 0 aromatic rings. The summed E-state index contributed by atoms with van der Waals surface area (Å²) in [5, 5.41) is 4.78. The van der Waals surface area contributed by atoms with Crippen LogP contribution in [0.1, 0.15) is 47.5 Å². The van der Waals surface area contributed by atoms with Crippen LogP contribution in [0.15, 0.2) is 0 Å². The van der Waals surface area contributed by atoms with Crippen LogP contribution in [-0.4, -0.2) is 13.2 Å². The Hall–Kier alpha value is -0.0900. The van der Waals surface area contributed by atoms with Gasteiger partial charge in [0.15, 0.2) is 0 Å². The molecule has 0 bridgehead atoms. The number of nitrogens with two attached hydrogens (primary N) is 1. The van der Waals surface area contributed by atoms with Gasteiger partial charge in [0.25, 0.3) is 0 Å². The van der Waals surface area contributed by atoms with E-state index in [-0.39, 0.29) is 0 Å². The van der Waals surface area contributed by atoms with Crippen LogP contribution in [-0.2, 0) is 10.0 Å². The number of unbranched alkanes of at least 4 members (excludes halogenated alkanes) is 1. The summed E-state index contributed by atoms with van der Waals surface area (Å²) in [7, 11) is -3.34. The Bertz CT molecular complexity index is 188. The fraction of sp³-hybridized carbons (Fsp3) is 1.00. The minimum atomic E-state index is -3.34. The maximum atomic E-state index is 10.4. The summed E-state index contributed by atoms with van der Waals surface area (Å²) in [6, 6.07) is 0. The molecule has 12 heavy (non-hydrogen) atoms. The van der Waals surface area contributed by atoms with E-state index in [2.05, 4.69) is 13.8 Å². The van der Waals surface area contributed by atoms with E-state index in [1.54, 1.807) is 20.8 Å². The van der Waals surface area contributed by atoms with Gasteiger partial charge in [0, 0.05) is 0 Å². The van der Waals surface area contributed by atoms with Crippen molar-refractivity contribution >= 4 is 10.0 Å². The van der Waals surface area contributed by atoms with Crippen LogP contribution in [0.2, 0.25) is 0 Å². The summed E-state index contributed by atoms with van der Waals surface area (Å²) < 4.78 is 20.0. The number of hydrogen-bond donors (Lipinski definition) is 1. The molecule has 0 radical (unpaired) electrons. The molecule has 0 aliphatic carbocycles. The maximum Gasteiger partial charge on any atom is 0.214 e. The number of hydrogen-bond acceptors (Lipinski definition) is 2. The second-order valence-electron chi connectivity index (χ2n) is 3.66. The smallest absolute Gasteiger partial charge is 0.214 e. The average molecular weight is 195 g/mol. The molecule has 0 spiro atoms. The van der Waals surface area contributed by atoms with E-state index in [9.17, 15) is 8.42 Å². The molecule has 0 aromatic carbocycles. The van der Waals surface area contributed by atoms with E-state index in [1.165, 1.54) is 12.8 Å². The zero-order valence-corrected chi connectivity index (χ0v) is 9.53. The summed E-state index contributed by atoms with van der Waals surface area (Å²) in [5.41, 5.74) is 0. The molecule has 2 N–H and O–H groups in total. The zero-order chi connectivity index (χ0) is 10.4. The van der Waals surface area contributed by atoms with E-state index in [1.807, 2.05) is 0 Å². The van der Waals surface area contributed by atoms with Crippen molar-refractivity contribution in [2.24, 2.45) is 5.14 Å². The molecule has 0 aliphatic rings. The molecule has 0 atom stereocenters. The van der Waals surface area contributed by atoms with Gasteiger partial charge in [-0.1, -0.05) is 26.7 Å². The summed E-state index contributed by atoms with van der Waals surface area (Å²) in [4.78, 5) is 0. The lowest BCUT2D eigenvalue weighted by molar-refractivity contribution is 0.562. The zero-order valence-electron chi connectivity index (χ0n) is 8.72. The molecule has 0 heterocycles. The SMILES string of the molecule is CC(C)(C)S(N)(=O)=O.CCCC. The lowest BCUT2D eigenvalue weighted by Crippen LogP contribution is -2.34. The first kappa shape index (κ1) is 14.4. The first-order valence-corrected chi connectivity index (χ1v) is 5.73. The summed E-state index contributed by atoms with van der Waals surface area (Å²) in [5.74, 6) is 0. The largest absolute Gasteiger partial charge is 0.228 e. The average Bonchev–Trinajstić information content (AvgIpc) is 1.84. The standard InChI is InChI=1S/C4H11NO2S.C4H10/c1-4(2,3)8(5,6)7;1-3-4-2/h1-3H3,(H2,5,6,7);3-4H2,1-2H3. The Morgan fingerprint density at radius 2 is 1.25 bits per heavy atom. The highest BCUT2D eigenvalue weighted by molar-refractivity contribution is 7.90. The van der Waals surface area contributed by atoms with Gasteiger partial charge in [0.05, 0.1) is 4.75 Å². The van der Waals surface area contributed by atoms with Crippen molar-refractivity contribution in [2.45, 2.75) is 52.2 Å². The van der Waals surface area contributed by atoms with Gasteiger partial charge in [0.1, 0.15) is 0 Å². The third kappa shape index (κ3) is 8.01. The lowest BCUT2D eigenvalue weighted by Gasteiger charge is -2.13. The normalized spacial score (nSPS) is 11.8. The number of rotatable bonds is 1. The van der Waals surface area contributed by atoms with Crippen LogP contribution in [0.25, 0.3) is 0 Å². The van der Waals surface area contributed by atoms with Gasteiger partial charge in [-0.15, -0.1) is 0 Å². The monoisotopic (exact) mass is 195 g/mol. The van der Waals surface area contributed by atoms with Gasteiger partial charge in [-0.3, -0.25) is 0 Å². The molecule has 3 nitrogen and oxygen atoms in total. The molecule has 0 saturated carbocycles. The van der Waals surface area contributed by atoms with Gasteiger partial charge < -0.3 is 0 Å². The molecule has 0 amide bonds. The highest BCUT2D eigenvalue weighted by Gasteiger charge is 2.23. The van der Waals surface area contributed by atoms with Crippen molar-refractivity contribution in [1.29, 1.82) is 0 Å². The van der Waals surface area contributed by atoms with E-state index >= 15 is 0 Å². The Labute approximate surface area is 76.4 Å². The predicted octanol–water partition coefficient (Wildman–Crippen LogP) is 1.88. The molecule has 0 aromatic heterocycles. The third-order valence-corrected chi connectivity index (χ3v) is 3.06. The molecule has 4 heteroatoms. The van der Waals surface area contributed by atoms with Gasteiger partial charge in [-0.05, 0) is 20.8 Å². The van der Waals surface area contributed by atoms with Gasteiger partial charge in [-0.25, -0.2) is 13.6 Å².